The van der Waals surface area contributed by atoms with Gasteiger partial charge in [-0.25, -0.2) is 0 Å². The molecule has 158 valence electrons. The second kappa shape index (κ2) is 8.54. The van der Waals surface area contributed by atoms with E-state index in [1.54, 1.807) is 24.3 Å². The number of hydrogen-bond donors (Lipinski definition) is 3. The van der Waals surface area contributed by atoms with Crippen molar-refractivity contribution in [1.29, 1.82) is 0 Å². The third-order valence-corrected chi connectivity index (χ3v) is 5.97. The van der Waals surface area contributed by atoms with Crippen LogP contribution in [0, 0.1) is 28.1 Å². The summed E-state index contributed by atoms with van der Waals surface area (Å²) in [6, 6.07) is 7.11. The van der Waals surface area contributed by atoms with Crippen LogP contribution in [-0.2, 0) is 9.59 Å². The maximum atomic E-state index is 13.0. The summed E-state index contributed by atoms with van der Waals surface area (Å²) in [5, 5.41) is 2.99. The van der Waals surface area contributed by atoms with Gasteiger partial charge >= 0.3 is 0 Å². The van der Waals surface area contributed by atoms with Crippen LogP contribution < -0.4 is 16.8 Å². The van der Waals surface area contributed by atoms with Gasteiger partial charge in [-0.05, 0) is 53.9 Å². The lowest BCUT2D eigenvalue weighted by atomic mass is 9.57. The first-order chi connectivity index (χ1) is 12.6. The van der Waals surface area contributed by atoms with E-state index < -0.39 is 10.8 Å². The molecule has 0 saturated carbocycles. The van der Waals surface area contributed by atoms with Crippen molar-refractivity contribution in [2.24, 2.45) is 33.8 Å². The van der Waals surface area contributed by atoms with Crippen LogP contribution in [0.5, 0.6) is 0 Å². The Hall–Kier alpha value is -2.04. The molecule has 5 N–H and O–H groups in total. The van der Waals surface area contributed by atoms with Crippen LogP contribution in [0.1, 0.15) is 68.2 Å². The molecular weight excluding hydrogens is 350 g/mol. The highest BCUT2D eigenvalue weighted by molar-refractivity contribution is 5.93. The molecule has 0 aliphatic carbocycles. The smallest absolute Gasteiger partial charge is 0.227 e. The number of nitrogens with one attached hydrogen (secondary N) is 1. The highest BCUT2D eigenvalue weighted by Gasteiger charge is 2.49. The molecule has 0 spiro atoms. The number of amides is 2. The molecule has 0 radical (unpaired) electrons. The van der Waals surface area contributed by atoms with Gasteiger partial charge in [-0.15, -0.1) is 0 Å². The van der Waals surface area contributed by atoms with E-state index in [0.717, 1.165) is 5.69 Å². The summed E-state index contributed by atoms with van der Waals surface area (Å²) in [4.78, 5) is 25.5. The maximum Gasteiger partial charge on any atom is 0.227 e. The molecule has 1 aromatic rings. The summed E-state index contributed by atoms with van der Waals surface area (Å²) in [5.41, 5.74) is 11.7. The number of hydrogen-bond acceptors (Lipinski definition) is 3. The number of rotatable bonds is 8. The summed E-state index contributed by atoms with van der Waals surface area (Å²) >= 11 is 0. The van der Waals surface area contributed by atoms with Gasteiger partial charge in [-0.2, -0.15) is 0 Å². The molecule has 0 saturated heterocycles. The Morgan fingerprint density at radius 3 is 1.89 bits per heavy atom. The van der Waals surface area contributed by atoms with Crippen molar-refractivity contribution in [3.63, 3.8) is 0 Å². The maximum absolute atomic E-state index is 13.0. The van der Waals surface area contributed by atoms with Crippen molar-refractivity contribution in [3.05, 3.63) is 24.3 Å². The minimum absolute atomic E-state index is 0.0459. The van der Waals surface area contributed by atoms with Crippen LogP contribution in [0.3, 0.4) is 0 Å². The van der Waals surface area contributed by atoms with Gasteiger partial charge in [0.05, 0.1) is 5.41 Å². The van der Waals surface area contributed by atoms with Gasteiger partial charge < -0.3 is 16.8 Å². The van der Waals surface area contributed by atoms with Gasteiger partial charge in [0.2, 0.25) is 11.8 Å². The van der Waals surface area contributed by atoms with Crippen molar-refractivity contribution in [2.45, 2.75) is 68.2 Å². The molecule has 5 heteroatoms. The largest absolute Gasteiger partial charge is 0.399 e. The SMILES string of the molecule is CC(C)C(CC(C)(C)C(C)(CC(C)(C)C)C(N)=O)C(=O)Nc1ccc(N)cc1. The van der Waals surface area contributed by atoms with Gasteiger partial charge in [0, 0.05) is 17.3 Å². The van der Waals surface area contributed by atoms with Crippen molar-refractivity contribution in [3.8, 4) is 0 Å². The van der Waals surface area contributed by atoms with E-state index in [-0.39, 0.29) is 29.1 Å². The van der Waals surface area contributed by atoms with Gasteiger partial charge in [0.1, 0.15) is 0 Å². The highest BCUT2D eigenvalue weighted by Crippen LogP contribution is 2.50. The average Bonchev–Trinajstić information content (AvgIpc) is 2.52. The predicted molar refractivity (Wildman–Crippen MR) is 118 cm³/mol. The number of carbonyl (C=O) groups is 2. The first-order valence-electron chi connectivity index (χ1n) is 10.1. The molecule has 1 rings (SSSR count). The van der Waals surface area contributed by atoms with E-state index >= 15 is 0 Å². The van der Waals surface area contributed by atoms with Crippen LogP contribution in [0.15, 0.2) is 24.3 Å². The number of nitrogens with two attached hydrogens (primary N) is 2. The van der Waals surface area contributed by atoms with E-state index in [1.807, 2.05) is 20.8 Å². The lowest BCUT2D eigenvalue weighted by Gasteiger charge is -2.47. The lowest BCUT2D eigenvalue weighted by molar-refractivity contribution is -0.139. The van der Waals surface area contributed by atoms with E-state index in [1.165, 1.54) is 0 Å². The molecule has 2 amide bonds. The fourth-order valence-corrected chi connectivity index (χ4v) is 3.93. The molecule has 0 bridgehead atoms. The number of benzene rings is 1. The average molecular weight is 390 g/mol. The topological polar surface area (TPSA) is 98.2 Å². The quantitative estimate of drug-likeness (QED) is 0.556. The Bertz CT molecular complexity index is 687. The fourth-order valence-electron chi connectivity index (χ4n) is 3.93. The summed E-state index contributed by atoms with van der Waals surface area (Å²) in [6.07, 6.45) is 1.23. The van der Waals surface area contributed by atoms with Crippen molar-refractivity contribution < 1.29 is 9.59 Å². The molecule has 0 aliphatic rings. The summed E-state index contributed by atoms with van der Waals surface area (Å²) in [5.74, 6) is -0.477. The molecule has 28 heavy (non-hydrogen) atoms. The Morgan fingerprint density at radius 2 is 1.50 bits per heavy atom. The normalized spacial score (nSPS) is 15.8. The second-order valence-electron chi connectivity index (χ2n) is 10.5. The Morgan fingerprint density at radius 1 is 1.00 bits per heavy atom. The molecule has 0 aromatic heterocycles. The number of primary amides is 1. The van der Waals surface area contributed by atoms with Gasteiger partial charge in [-0.3, -0.25) is 9.59 Å². The molecule has 1 aromatic carbocycles. The molecule has 5 nitrogen and oxygen atoms in total. The van der Waals surface area contributed by atoms with E-state index in [4.69, 9.17) is 11.5 Å². The Balaban J connectivity index is 3.11. The van der Waals surface area contributed by atoms with Crippen LogP contribution in [0.25, 0.3) is 0 Å². The zero-order valence-corrected chi connectivity index (χ0v) is 18.8. The first-order valence-corrected chi connectivity index (χ1v) is 10.1. The molecular formula is C23H39N3O2. The van der Waals surface area contributed by atoms with E-state index in [2.05, 4.69) is 39.9 Å². The number of carbonyl (C=O) groups excluding carboxylic acids is 2. The predicted octanol–water partition coefficient (Wildman–Crippen LogP) is 4.82. The van der Waals surface area contributed by atoms with Crippen LogP contribution >= 0.6 is 0 Å². The Kier molecular flexibility index (Phi) is 7.32. The standard InChI is InChI=1S/C23H39N3O2/c1-15(2)18(19(27)26-17-11-9-16(24)10-12-17)13-22(6,7)23(8,20(25)28)14-21(3,4)5/h9-12,15,18H,13-14,24H2,1-8H3,(H2,25,28)(H,26,27). The molecule has 0 fully saturated rings. The van der Waals surface area contributed by atoms with Gasteiger partial charge in [-0.1, -0.05) is 55.4 Å². The third-order valence-electron chi connectivity index (χ3n) is 5.97. The summed E-state index contributed by atoms with van der Waals surface area (Å²) in [6.45, 7) is 16.4. The summed E-state index contributed by atoms with van der Waals surface area (Å²) in [7, 11) is 0. The van der Waals surface area contributed by atoms with Crippen molar-refractivity contribution in [1.82, 2.24) is 0 Å². The van der Waals surface area contributed by atoms with Crippen LogP contribution in [0.4, 0.5) is 11.4 Å². The monoisotopic (exact) mass is 389 g/mol. The van der Waals surface area contributed by atoms with Crippen molar-refractivity contribution >= 4 is 23.2 Å². The van der Waals surface area contributed by atoms with Gasteiger partial charge in [0.15, 0.2) is 0 Å². The lowest BCUT2D eigenvalue weighted by Crippen LogP contribution is -2.50. The van der Waals surface area contributed by atoms with E-state index in [9.17, 15) is 9.59 Å². The molecule has 0 aliphatic heterocycles. The molecule has 2 unspecified atom stereocenters. The Labute approximate surface area is 170 Å². The van der Waals surface area contributed by atoms with E-state index in [0.29, 0.717) is 18.5 Å². The first kappa shape index (κ1) is 24.0. The van der Waals surface area contributed by atoms with Gasteiger partial charge in [0.25, 0.3) is 0 Å². The van der Waals surface area contributed by atoms with Crippen LogP contribution in [0.2, 0.25) is 0 Å². The molecule has 0 heterocycles. The zero-order valence-electron chi connectivity index (χ0n) is 18.8. The fraction of sp³-hybridized carbons (Fsp3) is 0.652. The highest BCUT2D eigenvalue weighted by atomic mass is 16.2. The summed E-state index contributed by atoms with van der Waals surface area (Å²) < 4.78 is 0. The molecule has 2 atom stereocenters. The number of nitrogen functional groups attached to an aromatic ring is 1. The van der Waals surface area contributed by atoms with Crippen LogP contribution in [-0.4, -0.2) is 11.8 Å². The third kappa shape index (κ3) is 5.98. The zero-order chi connectivity index (χ0) is 21.9. The minimum atomic E-state index is -0.722. The number of anilines is 2. The van der Waals surface area contributed by atoms with Crippen molar-refractivity contribution in [2.75, 3.05) is 11.1 Å². The second-order valence-corrected chi connectivity index (χ2v) is 10.5. The minimum Gasteiger partial charge on any atom is -0.399 e.